The maximum atomic E-state index is 11.9. The smallest absolute Gasteiger partial charge is 0.227 e. The lowest BCUT2D eigenvalue weighted by Crippen LogP contribution is -2.29. The van der Waals surface area contributed by atoms with E-state index in [9.17, 15) is 4.79 Å². The molecule has 3 rings (SSSR count). The summed E-state index contributed by atoms with van der Waals surface area (Å²) >= 11 is 0. The average Bonchev–Trinajstić information content (AvgIpc) is 3.30. The van der Waals surface area contributed by atoms with Crippen LogP contribution in [0.5, 0.6) is 5.75 Å². The van der Waals surface area contributed by atoms with Crippen LogP contribution < -0.4 is 10.1 Å². The number of ether oxygens (including phenoxy) is 2. The van der Waals surface area contributed by atoms with Gasteiger partial charge < -0.3 is 19.3 Å². The number of hydrogen-bond donors (Lipinski definition) is 1. The molecule has 1 atom stereocenters. The van der Waals surface area contributed by atoms with Gasteiger partial charge in [0.25, 0.3) is 0 Å². The van der Waals surface area contributed by atoms with E-state index in [1.165, 1.54) is 0 Å². The molecule has 0 radical (unpaired) electrons. The first kappa shape index (κ1) is 16.4. The highest BCUT2D eigenvalue weighted by Crippen LogP contribution is 2.20. The standard InChI is InChI=1S/C17H21N3O4/c1-22-14-4-2-13(3-5-14)17-19-16(24-20-17)7-6-15(21)18-10-12-8-9-23-11-12/h2-5,12H,6-11H2,1H3,(H,18,21)/t12-/m0/s1. The Labute approximate surface area is 140 Å². The van der Waals surface area contributed by atoms with Gasteiger partial charge >= 0.3 is 0 Å². The van der Waals surface area contributed by atoms with Gasteiger partial charge in [-0.3, -0.25) is 4.79 Å². The Morgan fingerprint density at radius 2 is 2.21 bits per heavy atom. The van der Waals surface area contributed by atoms with E-state index in [-0.39, 0.29) is 5.91 Å². The topological polar surface area (TPSA) is 86.5 Å². The first-order valence-corrected chi connectivity index (χ1v) is 8.06. The summed E-state index contributed by atoms with van der Waals surface area (Å²) in [6.45, 7) is 2.19. The highest BCUT2D eigenvalue weighted by Gasteiger charge is 2.16. The fourth-order valence-electron chi connectivity index (χ4n) is 2.53. The molecule has 0 bridgehead atoms. The van der Waals surface area contributed by atoms with Gasteiger partial charge in [-0.1, -0.05) is 5.16 Å². The van der Waals surface area contributed by atoms with Gasteiger partial charge in [-0.2, -0.15) is 4.98 Å². The van der Waals surface area contributed by atoms with Gasteiger partial charge in [0.2, 0.25) is 17.6 Å². The fourth-order valence-corrected chi connectivity index (χ4v) is 2.53. The Kier molecular flexibility index (Phi) is 5.43. The molecule has 1 saturated heterocycles. The molecule has 0 saturated carbocycles. The Hall–Kier alpha value is -2.41. The number of nitrogens with zero attached hydrogens (tertiary/aromatic N) is 2. The van der Waals surface area contributed by atoms with Gasteiger partial charge in [0, 0.05) is 37.5 Å². The molecular weight excluding hydrogens is 310 g/mol. The Morgan fingerprint density at radius 1 is 1.38 bits per heavy atom. The predicted molar refractivity (Wildman–Crippen MR) is 86.5 cm³/mol. The van der Waals surface area contributed by atoms with Crippen LogP contribution in [0.25, 0.3) is 11.4 Å². The highest BCUT2D eigenvalue weighted by atomic mass is 16.5. The maximum absolute atomic E-state index is 11.9. The second-order valence-corrected chi connectivity index (χ2v) is 5.77. The Balaban J connectivity index is 1.47. The van der Waals surface area contributed by atoms with E-state index in [0.717, 1.165) is 30.9 Å². The summed E-state index contributed by atoms with van der Waals surface area (Å²) in [4.78, 5) is 16.2. The first-order chi connectivity index (χ1) is 11.7. The van der Waals surface area contributed by atoms with Crippen molar-refractivity contribution in [2.75, 3.05) is 26.9 Å². The molecule has 0 unspecified atom stereocenters. The highest BCUT2D eigenvalue weighted by molar-refractivity contribution is 5.76. The van der Waals surface area contributed by atoms with Crippen LogP contribution in [0.15, 0.2) is 28.8 Å². The molecule has 0 spiro atoms. The van der Waals surface area contributed by atoms with Crippen molar-refractivity contribution >= 4 is 5.91 Å². The maximum Gasteiger partial charge on any atom is 0.227 e. The second kappa shape index (κ2) is 7.92. The van der Waals surface area contributed by atoms with Crippen molar-refractivity contribution in [2.24, 2.45) is 5.92 Å². The molecule has 2 aromatic rings. The predicted octanol–water partition coefficient (Wildman–Crippen LogP) is 1.83. The molecule has 7 heteroatoms. The first-order valence-electron chi connectivity index (χ1n) is 8.06. The Morgan fingerprint density at radius 3 is 2.92 bits per heavy atom. The number of hydrogen-bond acceptors (Lipinski definition) is 6. The molecule has 1 amide bonds. The van der Waals surface area contributed by atoms with Gasteiger partial charge in [-0.05, 0) is 30.7 Å². The minimum atomic E-state index is -0.00824. The third kappa shape index (κ3) is 4.32. The summed E-state index contributed by atoms with van der Waals surface area (Å²) in [5, 5.41) is 6.88. The van der Waals surface area contributed by atoms with Gasteiger partial charge in [0.1, 0.15) is 5.75 Å². The number of amides is 1. The minimum absolute atomic E-state index is 0.00824. The Bertz CT molecular complexity index is 663. The zero-order chi connectivity index (χ0) is 16.8. The van der Waals surface area contributed by atoms with Crippen molar-refractivity contribution in [1.82, 2.24) is 15.5 Å². The summed E-state index contributed by atoms with van der Waals surface area (Å²) in [6, 6.07) is 7.41. The number of nitrogens with one attached hydrogen (secondary N) is 1. The van der Waals surface area contributed by atoms with E-state index in [1.807, 2.05) is 24.3 Å². The molecule has 1 aliphatic rings. The summed E-state index contributed by atoms with van der Waals surface area (Å²) < 4.78 is 15.6. The molecule has 1 N–H and O–H groups in total. The SMILES string of the molecule is COc1ccc(-c2noc(CCC(=O)NC[C@@H]3CCOC3)n2)cc1. The van der Waals surface area contributed by atoms with Crippen molar-refractivity contribution in [2.45, 2.75) is 19.3 Å². The van der Waals surface area contributed by atoms with Crippen LogP contribution in [0.4, 0.5) is 0 Å². The van der Waals surface area contributed by atoms with Crippen LogP contribution in [0.3, 0.4) is 0 Å². The number of benzene rings is 1. The number of rotatable bonds is 7. The van der Waals surface area contributed by atoms with Crippen LogP contribution in [-0.2, 0) is 16.0 Å². The lowest BCUT2D eigenvalue weighted by atomic mass is 10.1. The quantitative estimate of drug-likeness (QED) is 0.833. The summed E-state index contributed by atoms with van der Waals surface area (Å²) in [5.74, 6) is 2.16. The van der Waals surface area contributed by atoms with E-state index in [2.05, 4.69) is 15.5 Å². The van der Waals surface area contributed by atoms with E-state index in [0.29, 0.717) is 37.0 Å². The molecule has 128 valence electrons. The van der Waals surface area contributed by atoms with Crippen LogP contribution in [0.2, 0.25) is 0 Å². The van der Waals surface area contributed by atoms with Crippen molar-refractivity contribution in [3.63, 3.8) is 0 Å². The minimum Gasteiger partial charge on any atom is -0.497 e. The van der Waals surface area contributed by atoms with Crippen LogP contribution >= 0.6 is 0 Å². The zero-order valence-corrected chi connectivity index (χ0v) is 13.7. The second-order valence-electron chi connectivity index (χ2n) is 5.77. The normalized spacial score (nSPS) is 17.0. The molecule has 7 nitrogen and oxygen atoms in total. The number of methoxy groups -OCH3 is 1. The third-order valence-electron chi connectivity index (χ3n) is 3.99. The lowest BCUT2D eigenvalue weighted by molar-refractivity contribution is -0.121. The van der Waals surface area contributed by atoms with Gasteiger partial charge in [-0.15, -0.1) is 0 Å². The summed E-state index contributed by atoms with van der Waals surface area (Å²) in [7, 11) is 1.62. The molecule has 1 aliphatic heterocycles. The van der Waals surface area contributed by atoms with Gasteiger partial charge in [-0.25, -0.2) is 0 Å². The molecule has 24 heavy (non-hydrogen) atoms. The number of aromatic nitrogens is 2. The fraction of sp³-hybridized carbons (Fsp3) is 0.471. The molecule has 1 fully saturated rings. The average molecular weight is 331 g/mol. The third-order valence-corrected chi connectivity index (χ3v) is 3.99. The van der Waals surface area contributed by atoms with Crippen molar-refractivity contribution in [3.05, 3.63) is 30.2 Å². The summed E-state index contributed by atoms with van der Waals surface area (Å²) in [5.41, 5.74) is 0.844. The molecule has 1 aromatic heterocycles. The van der Waals surface area contributed by atoms with Crippen LogP contribution in [0, 0.1) is 5.92 Å². The van der Waals surface area contributed by atoms with E-state index in [1.54, 1.807) is 7.11 Å². The van der Waals surface area contributed by atoms with Crippen LogP contribution in [0.1, 0.15) is 18.7 Å². The van der Waals surface area contributed by atoms with Crippen molar-refractivity contribution in [1.29, 1.82) is 0 Å². The number of carbonyl (C=O) groups is 1. The summed E-state index contributed by atoms with van der Waals surface area (Å²) in [6.07, 6.45) is 1.77. The molecule has 0 aliphatic carbocycles. The van der Waals surface area contributed by atoms with Crippen LogP contribution in [-0.4, -0.2) is 42.9 Å². The molecular formula is C17H21N3O4. The van der Waals surface area contributed by atoms with Crippen molar-refractivity contribution < 1.29 is 18.8 Å². The van der Waals surface area contributed by atoms with E-state index >= 15 is 0 Å². The largest absolute Gasteiger partial charge is 0.497 e. The molecule has 1 aromatic carbocycles. The van der Waals surface area contributed by atoms with Crippen molar-refractivity contribution in [3.8, 4) is 17.1 Å². The zero-order valence-electron chi connectivity index (χ0n) is 13.7. The van der Waals surface area contributed by atoms with E-state index < -0.39 is 0 Å². The van der Waals surface area contributed by atoms with E-state index in [4.69, 9.17) is 14.0 Å². The van der Waals surface area contributed by atoms with Gasteiger partial charge in [0.05, 0.1) is 13.7 Å². The number of aryl methyl sites for hydroxylation is 1. The molecule has 2 heterocycles. The monoisotopic (exact) mass is 331 g/mol. The number of carbonyl (C=O) groups excluding carboxylic acids is 1. The lowest BCUT2D eigenvalue weighted by Gasteiger charge is -2.08. The van der Waals surface area contributed by atoms with Gasteiger partial charge in [0.15, 0.2) is 0 Å².